The summed E-state index contributed by atoms with van der Waals surface area (Å²) < 4.78 is 5.67. The molecule has 1 aromatic rings. The lowest BCUT2D eigenvalue weighted by atomic mass is 10.0. The van der Waals surface area contributed by atoms with Crippen LogP contribution in [0, 0.1) is 0 Å². The Morgan fingerprint density at radius 3 is 2.58 bits per heavy atom. The van der Waals surface area contributed by atoms with Gasteiger partial charge in [0.05, 0.1) is 6.10 Å². The molecule has 0 radical (unpaired) electrons. The lowest BCUT2D eigenvalue weighted by Crippen LogP contribution is -2.42. The van der Waals surface area contributed by atoms with Crippen molar-refractivity contribution in [1.82, 2.24) is 4.90 Å². The minimum absolute atomic E-state index is 0.269. The van der Waals surface area contributed by atoms with Gasteiger partial charge in [0, 0.05) is 30.1 Å². The van der Waals surface area contributed by atoms with Gasteiger partial charge in [0.15, 0.2) is 0 Å². The molecule has 0 saturated carbocycles. The van der Waals surface area contributed by atoms with Crippen LogP contribution in [0.15, 0.2) is 29.2 Å². The van der Waals surface area contributed by atoms with E-state index in [9.17, 15) is 0 Å². The highest BCUT2D eigenvalue weighted by Crippen LogP contribution is 2.28. The van der Waals surface area contributed by atoms with Crippen LogP contribution < -0.4 is 5.73 Å². The molecule has 0 spiro atoms. The fourth-order valence-electron chi connectivity index (χ4n) is 2.85. The van der Waals surface area contributed by atoms with E-state index in [2.05, 4.69) is 49.4 Å². The number of likely N-dealkylation sites (N-methyl/N-ethyl adjacent to an activating group) is 1. The van der Waals surface area contributed by atoms with Gasteiger partial charge in [-0.3, -0.25) is 4.90 Å². The summed E-state index contributed by atoms with van der Waals surface area (Å²) in [6.07, 6.45) is 3.49. The molecule has 106 valence electrons. The van der Waals surface area contributed by atoms with E-state index in [0.29, 0.717) is 18.7 Å². The van der Waals surface area contributed by atoms with Crippen LogP contribution in [-0.4, -0.2) is 43.5 Å². The number of nitrogens with two attached hydrogens (primary N) is 1. The van der Waals surface area contributed by atoms with Crippen LogP contribution in [-0.2, 0) is 4.74 Å². The molecule has 1 heterocycles. The summed E-state index contributed by atoms with van der Waals surface area (Å²) in [5.41, 5.74) is 7.30. The van der Waals surface area contributed by atoms with Crippen molar-refractivity contribution in [1.29, 1.82) is 0 Å². The van der Waals surface area contributed by atoms with Crippen LogP contribution in [0.3, 0.4) is 0 Å². The van der Waals surface area contributed by atoms with Crippen molar-refractivity contribution in [2.45, 2.75) is 36.4 Å². The number of hydrogen-bond acceptors (Lipinski definition) is 4. The van der Waals surface area contributed by atoms with Crippen molar-refractivity contribution in [3.63, 3.8) is 0 Å². The normalized spacial score (nSPS) is 24.9. The van der Waals surface area contributed by atoms with E-state index in [0.717, 1.165) is 13.0 Å². The highest BCUT2D eigenvalue weighted by molar-refractivity contribution is 7.98. The van der Waals surface area contributed by atoms with Gasteiger partial charge in [0.1, 0.15) is 0 Å². The first-order valence-electron chi connectivity index (χ1n) is 6.85. The van der Waals surface area contributed by atoms with Crippen molar-refractivity contribution in [3.05, 3.63) is 29.8 Å². The Bertz CT molecular complexity index is 396. The molecule has 0 aromatic heterocycles. The minimum atomic E-state index is 0.269. The minimum Gasteiger partial charge on any atom is -0.377 e. The maximum Gasteiger partial charge on any atom is 0.0703 e. The van der Waals surface area contributed by atoms with Crippen molar-refractivity contribution in [2.24, 2.45) is 5.73 Å². The summed E-state index contributed by atoms with van der Waals surface area (Å²) in [7, 11) is 2.16. The zero-order valence-corrected chi connectivity index (χ0v) is 12.8. The van der Waals surface area contributed by atoms with Crippen LogP contribution in [0.5, 0.6) is 0 Å². The van der Waals surface area contributed by atoms with Gasteiger partial charge in [-0.15, -0.1) is 11.8 Å². The standard InChI is InChI=1S/C15H24N2OS/c1-11-14(8-9-18-11)17(2)15(10-16)12-4-6-13(19-3)7-5-12/h4-7,11,14-15H,8-10,16H2,1-3H3. The van der Waals surface area contributed by atoms with Crippen LogP contribution >= 0.6 is 11.8 Å². The van der Waals surface area contributed by atoms with Crippen molar-refractivity contribution < 1.29 is 4.74 Å². The summed E-state index contributed by atoms with van der Waals surface area (Å²) in [6.45, 7) is 3.65. The van der Waals surface area contributed by atoms with Gasteiger partial charge >= 0.3 is 0 Å². The summed E-state index contributed by atoms with van der Waals surface area (Å²) in [5, 5.41) is 0. The maximum atomic E-state index is 6.00. The van der Waals surface area contributed by atoms with E-state index >= 15 is 0 Å². The molecule has 0 aliphatic carbocycles. The molecule has 0 amide bonds. The Morgan fingerprint density at radius 2 is 2.11 bits per heavy atom. The van der Waals surface area contributed by atoms with Gasteiger partial charge < -0.3 is 10.5 Å². The van der Waals surface area contributed by atoms with E-state index < -0.39 is 0 Å². The van der Waals surface area contributed by atoms with Crippen LogP contribution in [0.4, 0.5) is 0 Å². The SMILES string of the molecule is CSc1ccc(C(CN)N(C)C2CCOC2C)cc1. The number of benzene rings is 1. The lowest BCUT2D eigenvalue weighted by Gasteiger charge is -2.34. The molecule has 1 aliphatic heterocycles. The summed E-state index contributed by atoms with van der Waals surface area (Å²) >= 11 is 1.77. The van der Waals surface area contributed by atoms with Gasteiger partial charge in [0.2, 0.25) is 0 Å². The smallest absolute Gasteiger partial charge is 0.0703 e. The molecule has 3 atom stereocenters. The first-order chi connectivity index (χ1) is 9.17. The zero-order valence-electron chi connectivity index (χ0n) is 12.0. The molecule has 0 bridgehead atoms. The third kappa shape index (κ3) is 3.31. The molecule has 3 nitrogen and oxygen atoms in total. The van der Waals surface area contributed by atoms with E-state index in [4.69, 9.17) is 10.5 Å². The second-order valence-electron chi connectivity index (χ2n) is 5.12. The van der Waals surface area contributed by atoms with E-state index in [1.165, 1.54) is 10.5 Å². The third-order valence-electron chi connectivity index (χ3n) is 4.07. The summed E-state index contributed by atoms with van der Waals surface area (Å²) in [5.74, 6) is 0. The molecule has 1 fully saturated rings. The van der Waals surface area contributed by atoms with Crippen molar-refractivity contribution in [3.8, 4) is 0 Å². The first-order valence-corrected chi connectivity index (χ1v) is 8.07. The fraction of sp³-hybridized carbons (Fsp3) is 0.600. The van der Waals surface area contributed by atoms with Crippen molar-refractivity contribution >= 4 is 11.8 Å². The van der Waals surface area contributed by atoms with E-state index in [-0.39, 0.29) is 6.04 Å². The molecule has 3 unspecified atom stereocenters. The van der Waals surface area contributed by atoms with Gasteiger partial charge in [-0.25, -0.2) is 0 Å². The topological polar surface area (TPSA) is 38.5 Å². The second kappa shape index (κ2) is 6.75. The van der Waals surface area contributed by atoms with Crippen molar-refractivity contribution in [2.75, 3.05) is 26.5 Å². The average Bonchev–Trinajstić information content (AvgIpc) is 2.86. The highest BCUT2D eigenvalue weighted by atomic mass is 32.2. The summed E-state index contributed by atoms with van der Waals surface area (Å²) in [6, 6.07) is 9.47. The Balaban J connectivity index is 2.13. The predicted octanol–water partition coefficient (Wildman–Crippen LogP) is 2.52. The molecular weight excluding hydrogens is 256 g/mol. The van der Waals surface area contributed by atoms with Gasteiger partial charge in [-0.1, -0.05) is 12.1 Å². The van der Waals surface area contributed by atoms with Crippen LogP contribution in [0.2, 0.25) is 0 Å². The third-order valence-corrected chi connectivity index (χ3v) is 4.82. The Kier molecular flexibility index (Phi) is 5.28. The second-order valence-corrected chi connectivity index (χ2v) is 6.00. The molecule has 19 heavy (non-hydrogen) atoms. The van der Waals surface area contributed by atoms with E-state index in [1.807, 2.05) is 0 Å². The monoisotopic (exact) mass is 280 g/mol. The molecule has 1 saturated heterocycles. The van der Waals surface area contributed by atoms with Crippen LogP contribution in [0.1, 0.15) is 24.9 Å². The molecule has 2 N–H and O–H groups in total. The predicted molar refractivity (Wildman–Crippen MR) is 81.6 cm³/mol. The molecule has 1 aliphatic rings. The molecule has 1 aromatic carbocycles. The quantitative estimate of drug-likeness (QED) is 0.841. The number of rotatable bonds is 5. The Labute approximate surface area is 120 Å². The number of nitrogens with zero attached hydrogens (tertiary/aromatic N) is 1. The van der Waals surface area contributed by atoms with Gasteiger partial charge in [0.25, 0.3) is 0 Å². The number of hydrogen-bond donors (Lipinski definition) is 1. The fourth-order valence-corrected chi connectivity index (χ4v) is 3.26. The van der Waals surface area contributed by atoms with Crippen LogP contribution in [0.25, 0.3) is 0 Å². The Hall–Kier alpha value is -0.550. The average molecular weight is 280 g/mol. The van der Waals surface area contributed by atoms with E-state index in [1.54, 1.807) is 11.8 Å². The highest BCUT2D eigenvalue weighted by Gasteiger charge is 2.31. The van der Waals surface area contributed by atoms with Gasteiger partial charge in [-0.2, -0.15) is 0 Å². The maximum absolute atomic E-state index is 6.00. The molecule has 2 rings (SSSR count). The largest absolute Gasteiger partial charge is 0.377 e. The number of thioether (sulfide) groups is 1. The van der Waals surface area contributed by atoms with Gasteiger partial charge in [-0.05, 0) is 44.3 Å². The molecule has 4 heteroatoms. The first kappa shape index (κ1) is 14.9. The Morgan fingerprint density at radius 1 is 1.42 bits per heavy atom. The number of ether oxygens (including phenoxy) is 1. The molecular formula is C15H24N2OS. The summed E-state index contributed by atoms with van der Waals surface area (Å²) in [4.78, 5) is 3.67. The lowest BCUT2D eigenvalue weighted by molar-refractivity contribution is 0.0686. The zero-order chi connectivity index (χ0) is 13.8.